The van der Waals surface area contributed by atoms with E-state index >= 15 is 0 Å². The van der Waals surface area contributed by atoms with Crippen LogP contribution >= 0.6 is 11.8 Å². The number of carbonyl (C=O) groups is 1. The standard InChI is InChI=1S/C21H36N2OS/c1-2-3-4-5-6-7-8-9-10-11-12-13-18-25-20-16-14-19(15-17-20)21(24)23-22/h14-17H,2-13,18,22H2,1H3,(H,23,24). The summed E-state index contributed by atoms with van der Waals surface area (Å²) in [7, 11) is 0. The van der Waals surface area contributed by atoms with E-state index in [1.54, 1.807) is 0 Å². The summed E-state index contributed by atoms with van der Waals surface area (Å²) in [5.41, 5.74) is 2.76. The molecule has 0 fully saturated rings. The first kappa shape index (κ1) is 22.0. The van der Waals surface area contributed by atoms with Crippen LogP contribution in [0.25, 0.3) is 0 Å². The fourth-order valence-corrected chi connectivity index (χ4v) is 3.83. The van der Waals surface area contributed by atoms with E-state index in [2.05, 4.69) is 12.3 Å². The lowest BCUT2D eigenvalue weighted by Crippen LogP contribution is -2.29. The van der Waals surface area contributed by atoms with E-state index in [9.17, 15) is 4.79 Å². The Morgan fingerprint density at radius 3 is 1.80 bits per heavy atom. The molecule has 142 valence electrons. The number of thioether (sulfide) groups is 1. The van der Waals surface area contributed by atoms with Crippen LogP contribution in [0.2, 0.25) is 0 Å². The third kappa shape index (κ3) is 11.3. The zero-order chi connectivity index (χ0) is 18.2. The summed E-state index contributed by atoms with van der Waals surface area (Å²) in [5, 5.41) is 0. The lowest BCUT2D eigenvalue weighted by Gasteiger charge is -2.04. The number of amides is 1. The van der Waals surface area contributed by atoms with Crippen molar-refractivity contribution in [2.75, 3.05) is 5.75 Å². The fourth-order valence-electron chi connectivity index (χ4n) is 2.92. The lowest BCUT2D eigenvalue weighted by atomic mass is 10.1. The molecule has 25 heavy (non-hydrogen) atoms. The van der Waals surface area contributed by atoms with E-state index in [0.29, 0.717) is 5.56 Å². The minimum atomic E-state index is -0.238. The molecule has 3 N–H and O–H groups in total. The molecule has 1 aromatic carbocycles. The number of rotatable bonds is 15. The summed E-state index contributed by atoms with van der Waals surface area (Å²) >= 11 is 1.87. The monoisotopic (exact) mass is 364 g/mol. The predicted octanol–water partition coefficient (Wildman–Crippen LogP) is 6.08. The molecule has 0 saturated heterocycles. The van der Waals surface area contributed by atoms with E-state index in [1.807, 2.05) is 36.0 Å². The van der Waals surface area contributed by atoms with Gasteiger partial charge in [0, 0.05) is 10.5 Å². The molecule has 0 aliphatic rings. The minimum absolute atomic E-state index is 0.238. The average molecular weight is 365 g/mol. The minimum Gasteiger partial charge on any atom is -0.290 e. The lowest BCUT2D eigenvalue weighted by molar-refractivity contribution is 0.0953. The number of hydrazine groups is 1. The first-order chi connectivity index (χ1) is 12.3. The summed E-state index contributed by atoms with van der Waals surface area (Å²) in [6, 6.07) is 7.64. The van der Waals surface area contributed by atoms with Gasteiger partial charge in [-0.05, 0) is 36.4 Å². The van der Waals surface area contributed by atoms with Gasteiger partial charge < -0.3 is 0 Å². The van der Waals surface area contributed by atoms with Crippen LogP contribution in [-0.2, 0) is 0 Å². The zero-order valence-corrected chi connectivity index (χ0v) is 16.7. The Bertz CT molecular complexity index is 448. The Balaban J connectivity index is 1.91. The van der Waals surface area contributed by atoms with E-state index in [0.717, 1.165) is 5.75 Å². The van der Waals surface area contributed by atoms with Gasteiger partial charge in [0.2, 0.25) is 0 Å². The number of hydrogen-bond acceptors (Lipinski definition) is 3. The molecule has 0 bridgehead atoms. The first-order valence-electron chi connectivity index (χ1n) is 10.0. The smallest absolute Gasteiger partial charge is 0.265 e. The number of hydrogen-bond donors (Lipinski definition) is 2. The maximum absolute atomic E-state index is 11.4. The van der Waals surface area contributed by atoms with Crippen LogP contribution in [0.4, 0.5) is 0 Å². The van der Waals surface area contributed by atoms with Crippen LogP contribution in [0, 0.1) is 0 Å². The number of unbranched alkanes of at least 4 members (excludes halogenated alkanes) is 11. The molecule has 0 unspecified atom stereocenters. The van der Waals surface area contributed by atoms with Gasteiger partial charge in [0.1, 0.15) is 0 Å². The van der Waals surface area contributed by atoms with Crippen molar-refractivity contribution in [2.24, 2.45) is 5.84 Å². The highest BCUT2D eigenvalue weighted by atomic mass is 32.2. The van der Waals surface area contributed by atoms with Gasteiger partial charge in [0.25, 0.3) is 5.91 Å². The summed E-state index contributed by atoms with van der Waals surface area (Å²) < 4.78 is 0. The van der Waals surface area contributed by atoms with Gasteiger partial charge in [-0.25, -0.2) is 5.84 Å². The van der Waals surface area contributed by atoms with Crippen LogP contribution < -0.4 is 11.3 Å². The largest absolute Gasteiger partial charge is 0.290 e. The third-order valence-corrected chi connectivity index (χ3v) is 5.61. The SMILES string of the molecule is CCCCCCCCCCCCCCSc1ccc(C(=O)NN)cc1. The molecule has 0 radical (unpaired) electrons. The van der Waals surface area contributed by atoms with Gasteiger partial charge >= 0.3 is 0 Å². The van der Waals surface area contributed by atoms with Crippen molar-refractivity contribution in [3.05, 3.63) is 29.8 Å². The van der Waals surface area contributed by atoms with E-state index in [-0.39, 0.29) is 5.91 Å². The highest BCUT2D eigenvalue weighted by molar-refractivity contribution is 7.99. The molecule has 3 nitrogen and oxygen atoms in total. The van der Waals surface area contributed by atoms with Crippen LogP contribution in [0.5, 0.6) is 0 Å². The second kappa shape index (κ2) is 15.3. The second-order valence-electron chi connectivity index (χ2n) is 6.74. The normalized spacial score (nSPS) is 10.8. The molecule has 1 rings (SSSR count). The molecule has 1 aromatic rings. The molecule has 4 heteroatoms. The summed E-state index contributed by atoms with van der Waals surface area (Å²) in [4.78, 5) is 12.6. The number of benzene rings is 1. The molecule has 0 aliphatic carbocycles. The van der Waals surface area contributed by atoms with Crippen LogP contribution in [-0.4, -0.2) is 11.7 Å². The van der Waals surface area contributed by atoms with Crippen LogP contribution in [0.3, 0.4) is 0 Å². The van der Waals surface area contributed by atoms with Crippen molar-refractivity contribution >= 4 is 17.7 Å². The molecule has 0 heterocycles. The van der Waals surface area contributed by atoms with Gasteiger partial charge in [0.05, 0.1) is 0 Å². The predicted molar refractivity (Wildman–Crippen MR) is 110 cm³/mol. The van der Waals surface area contributed by atoms with E-state index < -0.39 is 0 Å². The Morgan fingerprint density at radius 1 is 0.840 bits per heavy atom. The number of carbonyl (C=O) groups excluding carboxylic acids is 1. The van der Waals surface area contributed by atoms with Crippen molar-refractivity contribution in [3.8, 4) is 0 Å². The summed E-state index contributed by atoms with van der Waals surface area (Å²) in [5.74, 6) is 6.04. The molecule has 0 aliphatic heterocycles. The van der Waals surface area contributed by atoms with E-state index in [4.69, 9.17) is 5.84 Å². The molecular formula is C21H36N2OS. The maximum atomic E-state index is 11.4. The Hall–Kier alpha value is -1.00. The van der Waals surface area contributed by atoms with Crippen LogP contribution in [0.1, 0.15) is 94.3 Å². The van der Waals surface area contributed by atoms with E-state index in [1.165, 1.54) is 81.9 Å². The Kier molecular flexibility index (Phi) is 13.5. The van der Waals surface area contributed by atoms with Gasteiger partial charge in [-0.15, -0.1) is 11.8 Å². The molecular weight excluding hydrogens is 328 g/mol. The molecule has 0 spiro atoms. The molecule has 1 amide bonds. The Morgan fingerprint density at radius 2 is 1.32 bits per heavy atom. The van der Waals surface area contributed by atoms with Crippen LogP contribution in [0.15, 0.2) is 29.2 Å². The maximum Gasteiger partial charge on any atom is 0.265 e. The van der Waals surface area contributed by atoms with Gasteiger partial charge in [0.15, 0.2) is 0 Å². The van der Waals surface area contributed by atoms with Crippen molar-refractivity contribution in [1.29, 1.82) is 0 Å². The topological polar surface area (TPSA) is 55.1 Å². The number of nitrogens with one attached hydrogen (secondary N) is 1. The quantitative estimate of drug-likeness (QED) is 0.130. The molecule has 0 saturated carbocycles. The first-order valence-corrected chi connectivity index (χ1v) is 11.0. The fraction of sp³-hybridized carbons (Fsp3) is 0.667. The second-order valence-corrected chi connectivity index (χ2v) is 7.90. The Labute approximate surface area is 158 Å². The van der Waals surface area contributed by atoms with Crippen molar-refractivity contribution in [1.82, 2.24) is 5.43 Å². The van der Waals surface area contributed by atoms with Crippen molar-refractivity contribution < 1.29 is 4.79 Å². The highest BCUT2D eigenvalue weighted by Gasteiger charge is 2.02. The molecule has 0 aromatic heterocycles. The average Bonchev–Trinajstić information content (AvgIpc) is 2.65. The summed E-state index contributed by atoms with van der Waals surface area (Å²) in [6.45, 7) is 2.28. The summed E-state index contributed by atoms with van der Waals surface area (Å²) in [6.07, 6.45) is 16.7. The van der Waals surface area contributed by atoms with Crippen molar-refractivity contribution in [3.63, 3.8) is 0 Å². The van der Waals surface area contributed by atoms with Crippen molar-refractivity contribution in [2.45, 2.75) is 88.9 Å². The third-order valence-electron chi connectivity index (χ3n) is 4.51. The van der Waals surface area contributed by atoms with Gasteiger partial charge in [-0.2, -0.15) is 0 Å². The van der Waals surface area contributed by atoms with Gasteiger partial charge in [-0.3, -0.25) is 10.2 Å². The number of nitrogen functional groups attached to an aromatic ring is 1. The highest BCUT2D eigenvalue weighted by Crippen LogP contribution is 2.20. The van der Waals surface area contributed by atoms with Gasteiger partial charge in [-0.1, -0.05) is 77.6 Å². The zero-order valence-electron chi connectivity index (χ0n) is 15.9. The molecule has 0 atom stereocenters. The number of nitrogens with two attached hydrogens (primary N) is 1.